The summed E-state index contributed by atoms with van der Waals surface area (Å²) in [6, 6.07) is -1.47. The maximum atomic E-state index is 11.6. The normalized spacial score (nSPS) is 11.3. The van der Waals surface area contributed by atoms with E-state index in [0.717, 1.165) is 6.92 Å². The van der Waals surface area contributed by atoms with Gasteiger partial charge in [0.15, 0.2) is 18.1 Å². The van der Waals surface area contributed by atoms with Crippen molar-refractivity contribution in [1.82, 2.24) is 5.32 Å². The number of carbonyl (C=O) groups excluding carboxylic acids is 3. The van der Waals surface area contributed by atoms with E-state index in [1.807, 2.05) is 5.32 Å². The van der Waals surface area contributed by atoms with Crippen LogP contribution in [0.15, 0.2) is 13.6 Å². The Morgan fingerprint density at radius 3 is 2.42 bits per heavy atom. The monoisotopic (exact) mass is 393 g/mol. The smallest absolute Gasteiger partial charge is 0.480 e. The van der Waals surface area contributed by atoms with Gasteiger partial charge in [-0.3, -0.25) is 4.79 Å². The number of alkyl carbamates (subject to hydrolysis) is 1. The number of aliphatic carboxylic acids is 1. The third-order valence-corrected chi connectivity index (χ3v) is 3.42. The Morgan fingerprint density at radius 2 is 1.88 bits per heavy atom. The SMILES string of the molecule is CC(=O)OCOC(=O)N[C@@H](CSC(=O)OCc1oc(=O)oc1C)C(=O)O. The molecule has 0 fully saturated rings. The Labute approximate surface area is 149 Å². The topological polar surface area (TPSA) is 172 Å². The molecule has 13 heteroatoms. The summed E-state index contributed by atoms with van der Waals surface area (Å²) in [7, 11) is 0. The van der Waals surface area contributed by atoms with Crippen LogP contribution < -0.4 is 11.1 Å². The van der Waals surface area contributed by atoms with Crippen LogP contribution in [0, 0.1) is 6.92 Å². The van der Waals surface area contributed by atoms with E-state index in [2.05, 4.69) is 18.3 Å². The highest BCUT2D eigenvalue weighted by molar-refractivity contribution is 8.13. The van der Waals surface area contributed by atoms with Crippen LogP contribution in [0.5, 0.6) is 0 Å². The van der Waals surface area contributed by atoms with Crippen LogP contribution in [0.4, 0.5) is 9.59 Å². The lowest BCUT2D eigenvalue weighted by molar-refractivity contribution is -0.149. The number of thioether (sulfide) groups is 1. The average molecular weight is 393 g/mol. The Balaban J connectivity index is 2.39. The summed E-state index contributed by atoms with van der Waals surface area (Å²) in [6.07, 6.45) is -1.15. The number of carboxylic acids is 1. The van der Waals surface area contributed by atoms with Gasteiger partial charge in [-0.05, 0) is 18.7 Å². The van der Waals surface area contributed by atoms with Gasteiger partial charge in [-0.15, -0.1) is 0 Å². The van der Waals surface area contributed by atoms with E-state index in [1.165, 1.54) is 6.92 Å². The summed E-state index contributed by atoms with van der Waals surface area (Å²) in [5, 5.41) is 10.1. The van der Waals surface area contributed by atoms with Gasteiger partial charge in [0.2, 0.25) is 6.79 Å². The highest BCUT2D eigenvalue weighted by Gasteiger charge is 2.23. The maximum absolute atomic E-state index is 11.6. The molecule has 1 rings (SSSR count). The third-order valence-electron chi connectivity index (χ3n) is 2.57. The van der Waals surface area contributed by atoms with E-state index in [-0.39, 0.29) is 23.9 Å². The van der Waals surface area contributed by atoms with Crippen molar-refractivity contribution in [1.29, 1.82) is 0 Å². The molecule has 0 saturated heterocycles. The summed E-state index contributed by atoms with van der Waals surface area (Å²) >= 11 is 0.467. The van der Waals surface area contributed by atoms with Crippen molar-refractivity contribution in [2.75, 3.05) is 12.5 Å². The molecule has 0 aromatic carbocycles. The number of nitrogens with one attached hydrogen (secondary N) is 1. The predicted octanol–water partition coefficient (Wildman–Crippen LogP) is 0.611. The molecule has 144 valence electrons. The Morgan fingerprint density at radius 1 is 1.19 bits per heavy atom. The number of amides is 1. The van der Waals surface area contributed by atoms with Crippen molar-refractivity contribution in [2.45, 2.75) is 26.5 Å². The molecule has 1 aromatic rings. The molecule has 0 aliphatic rings. The fourth-order valence-corrected chi connectivity index (χ4v) is 2.02. The molecule has 1 aromatic heterocycles. The molecule has 1 heterocycles. The van der Waals surface area contributed by atoms with Gasteiger partial charge in [-0.2, -0.15) is 0 Å². The molecule has 26 heavy (non-hydrogen) atoms. The van der Waals surface area contributed by atoms with Crippen molar-refractivity contribution in [3.63, 3.8) is 0 Å². The first kappa shape index (κ1) is 21.1. The second-order valence-electron chi connectivity index (χ2n) is 4.50. The molecule has 0 aliphatic carbocycles. The van der Waals surface area contributed by atoms with Crippen LogP contribution in [0.25, 0.3) is 0 Å². The molecule has 0 aliphatic heterocycles. The second kappa shape index (κ2) is 10.1. The van der Waals surface area contributed by atoms with E-state index in [4.69, 9.17) is 9.84 Å². The van der Waals surface area contributed by atoms with E-state index < -0.39 is 42.0 Å². The number of aryl methyl sites for hydroxylation is 1. The lowest BCUT2D eigenvalue weighted by atomic mass is 10.3. The third kappa shape index (κ3) is 7.74. The first-order valence-electron chi connectivity index (χ1n) is 6.87. The minimum Gasteiger partial charge on any atom is -0.480 e. The fourth-order valence-electron chi connectivity index (χ4n) is 1.35. The minimum atomic E-state index is -1.47. The van der Waals surface area contributed by atoms with Crippen LogP contribution in [-0.4, -0.2) is 47.0 Å². The summed E-state index contributed by atoms with van der Waals surface area (Å²) in [6.45, 7) is 1.48. The van der Waals surface area contributed by atoms with Gasteiger partial charge >= 0.3 is 29.2 Å². The lowest BCUT2D eigenvalue weighted by Gasteiger charge is -2.13. The Hall–Kier alpha value is -2.96. The van der Waals surface area contributed by atoms with E-state index in [0.29, 0.717) is 11.8 Å². The fraction of sp³-hybridized carbons (Fsp3) is 0.462. The maximum Gasteiger partial charge on any atom is 0.519 e. The Bertz CT molecular complexity index is 722. The second-order valence-corrected chi connectivity index (χ2v) is 5.46. The predicted molar refractivity (Wildman–Crippen MR) is 82.3 cm³/mol. The first-order chi connectivity index (χ1) is 12.2. The number of esters is 1. The highest BCUT2D eigenvalue weighted by atomic mass is 32.2. The molecule has 1 amide bonds. The van der Waals surface area contributed by atoms with Gasteiger partial charge in [-0.25, -0.2) is 19.2 Å². The summed E-state index contributed by atoms with van der Waals surface area (Å²) < 4.78 is 22.8. The molecule has 1 atom stereocenters. The van der Waals surface area contributed by atoms with Gasteiger partial charge in [0.1, 0.15) is 6.04 Å². The summed E-state index contributed by atoms with van der Waals surface area (Å²) in [5.74, 6) is -3.26. The molecule has 0 saturated carbocycles. The number of carboxylic acid groups (broad SMARTS) is 1. The molecule has 2 N–H and O–H groups in total. The highest BCUT2D eigenvalue weighted by Crippen LogP contribution is 2.12. The van der Waals surface area contributed by atoms with E-state index >= 15 is 0 Å². The molecule has 0 bridgehead atoms. The number of ether oxygens (including phenoxy) is 3. The first-order valence-corrected chi connectivity index (χ1v) is 7.86. The van der Waals surface area contributed by atoms with Gasteiger partial charge in [0.25, 0.3) is 0 Å². The zero-order valence-corrected chi connectivity index (χ0v) is 14.5. The number of rotatable bonds is 8. The standard InChI is InChI=1S/C13H15NO11S/c1-6-9(25-12(19)24-6)3-21-13(20)26-4-8(10(16)17)14-11(18)23-5-22-7(2)15/h8H,3-5H2,1-2H3,(H,14,18)(H,16,17)/t8-/m0/s1. The van der Waals surface area contributed by atoms with Crippen molar-refractivity contribution >= 4 is 35.1 Å². The Kier molecular flexibility index (Phi) is 8.21. The van der Waals surface area contributed by atoms with Crippen LogP contribution in [-0.2, 0) is 30.4 Å². The van der Waals surface area contributed by atoms with Gasteiger partial charge in [-0.1, -0.05) is 0 Å². The molecule has 0 radical (unpaired) electrons. The summed E-state index contributed by atoms with van der Waals surface area (Å²) in [5.41, 5.74) is 0. The zero-order chi connectivity index (χ0) is 19.7. The van der Waals surface area contributed by atoms with Crippen molar-refractivity contribution in [2.24, 2.45) is 0 Å². The zero-order valence-electron chi connectivity index (χ0n) is 13.6. The number of hydrogen-bond donors (Lipinski definition) is 2. The quantitative estimate of drug-likeness (QED) is 0.466. The molecule has 12 nitrogen and oxygen atoms in total. The van der Waals surface area contributed by atoms with Crippen LogP contribution in [0.3, 0.4) is 0 Å². The number of carbonyl (C=O) groups is 4. The largest absolute Gasteiger partial charge is 0.519 e. The van der Waals surface area contributed by atoms with E-state index in [1.54, 1.807) is 0 Å². The molecular weight excluding hydrogens is 378 g/mol. The van der Waals surface area contributed by atoms with Gasteiger partial charge < -0.3 is 33.5 Å². The molecular formula is C13H15NO11S. The van der Waals surface area contributed by atoms with Crippen LogP contribution >= 0.6 is 11.8 Å². The van der Waals surface area contributed by atoms with Crippen LogP contribution in [0.2, 0.25) is 0 Å². The van der Waals surface area contributed by atoms with Crippen molar-refractivity contribution in [3.05, 3.63) is 22.1 Å². The van der Waals surface area contributed by atoms with Crippen molar-refractivity contribution < 1.29 is 47.3 Å². The van der Waals surface area contributed by atoms with Gasteiger partial charge in [0.05, 0.1) is 0 Å². The molecule has 0 unspecified atom stereocenters. The minimum absolute atomic E-state index is 0.0194. The van der Waals surface area contributed by atoms with E-state index in [9.17, 15) is 24.0 Å². The van der Waals surface area contributed by atoms with Crippen molar-refractivity contribution in [3.8, 4) is 0 Å². The van der Waals surface area contributed by atoms with Crippen LogP contribution in [0.1, 0.15) is 18.4 Å². The average Bonchev–Trinajstić information content (AvgIpc) is 2.86. The molecule has 0 spiro atoms. The number of hydrogen-bond acceptors (Lipinski definition) is 11. The van der Waals surface area contributed by atoms with Gasteiger partial charge in [0, 0.05) is 12.7 Å². The summed E-state index contributed by atoms with van der Waals surface area (Å²) in [4.78, 5) is 55.4. The lowest BCUT2D eigenvalue weighted by Crippen LogP contribution is -2.43.